The van der Waals surface area contributed by atoms with Gasteiger partial charge in [-0.05, 0) is 25.5 Å². The van der Waals surface area contributed by atoms with E-state index in [1.807, 2.05) is 18.2 Å². The van der Waals surface area contributed by atoms with Crippen LogP contribution in [0.25, 0.3) is 10.9 Å². The minimum Gasteiger partial charge on any atom is -0.309 e. The van der Waals surface area contributed by atoms with E-state index >= 15 is 0 Å². The van der Waals surface area contributed by atoms with Crippen molar-refractivity contribution in [1.29, 1.82) is 0 Å². The standard InChI is InChI=1S/C17H25N3O/c1-3-4-5-6-9-13(2)18-12-16-19-15-11-8-7-10-14(15)17(21)20-16/h7-8,10-11,13,18H,3-6,9,12H2,1-2H3,(H,19,20,21). The fourth-order valence-electron chi connectivity index (χ4n) is 2.47. The molecule has 114 valence electrons. The van der Waals surface area contributed by atoms with Crippen LogP contribution in [0, 0.1) is 0 Å². The Morgan fingerprint density at radius 2 is 2.05 bits per heavy atom. The maximum absolute atomic E-state index is 12.0. The number of para-hydroxylation sites is 1. The number of rotatable bonds is 8. The molecule has 21 heavy (non-hydrogen) atoms. The van der Waals surface area contributed by atoms with Crippen LogP contribution in [0.15, 0.2) is 29.1 Å². The quantitative estimate of drug-likeness (QED) is 0.732. The van der Waals surface area contributed by atoms with Crippen LogP contribution in [0.3, 0.4) is 0 Å². The van der Waals surface area contributed by atoms with Gasteiger partial charge in [0.25, 0.3) is 5.56 Å². The van der Waals surface area contributed by atoms with Gasteiger partial charge in [-0.15, -0.1) is 0 Å². The lowest BCUT2D eigenvalue weighted by Crippen LogP contribution is -2.27. The first-order valence-electron chi connectivity index (χ1n) is 7.92. The third kappa shape index (κ3) is 4.67. The Hall–Kier alpha value is -1.68. The highest BCUT2D eigenvalue weighted by molar-refractivity contribution is 5.77. The van der Waals surface area contributed by atoms with Crippen molar-refractivity contribution in [1.82, 2.24) is 15.3 Å². The second kappa shape index (κ2) is 7.93. The maximum atomic E-state index is 12.0. The Morgan fingerprint density at radius 3 is 2.86 bits per heavy atom. The summed E-state index contributed by atoms with van der Waals surface area (Å²) in [6.07, 6.45) is 6.30. The number of fused-ring (bicyclic) bond motifs is 1. The molecular formula is C17H25N3O. The first-order valence-corrected chi connectivity index (χ1v) is 7.92. The summed E-state index contributed by atoms with van der Waals surface area (Å²) in [6.45, 7) is 5.02. The Bertz CT molecular complexity index is 621. The first kappa shape index (κ1) is 15.7. The second-order valence-corrected chi connectivity index (χ2v) is 5.66. The van der Waals surface area contributed by atoms with Gasteiger partial charge in [0.1, 0.15) is 5.82 Å². The van der Waals surface area contributed by atoms with Gasteiger partial charge in [0.2, 0.25) is 0 Å². The number of benzene rings is 1. The molecule has 1 unspecified atom stereocenters. The van der Waals surface area contributed by atoms with Crippen molar-refractivity contribution in [2.75, 3.05) is 0 Å². The molecule has 1 atom stereocenters. The fourth-order valence-corrected chi connectivity index (χ4v) is 2.47. The summed E-state index contributed by atoms with van der Waals surface area (Å²) < 4.78 is 0. The molecule has 4 nitrogen and oxygen atoms in total. The molecule has 0 aliphatic carbocycles. The Kier molecular flexibility index (Phi) is 5.93. The maximum Gasteiger partial charge on any atom is 0.258 e. The molecule has 0 spiro atoms. The van der Waals surface area contributed by atoms with Crippen molar-refractivity contribution in [3.63, 3.8) is 0 Å². The summed E-state index contributed by atoms with van der Waals surface area (Å²) in [4.78, 5) is 19.3. The van der Waals surface area contributed by atoms with Crippen molar-refractivity contribution in [3.8, 4) is 0 Å². The lowest BCUT2D eigenvalue weighted by molar-refractivity contribution is 0.476. The molecule has 0 radical (unpaired) electrons. The highest BCUT2D eigenvalue weighted by atomic mass is 16.1. The van der Waals surface area contributed by atoms with Crippen molar-refractivity contribution in [2.24, 2.45) is 0 Å². The Balaban J connectivity index is 1.90. The SMILES string of the molecule is CCCCCCC(C)NCc1nc2ccccc2c(=O)[nH]1. The van der Waals surface area contributed by atoms with Crippen LogP contribution >= 0.6 is 0 Å². The number of aromatic nitrogens is 2. The van der Waals surface area contributed by atoms with Crippen LogP contribution in [-0.2, 0) is 6.54 Å². The number of nitrogens with one attached hydrogen (secondary N) is 2. The molecule has 0 fully saturated rings. The lowest BCUT2D eigenvalue weighted by atomic mass is 10.1. The largest absolute Gasteiger partial charge is 0.309 e. The second-order valence-electron chi connectivity index (χ2n) is 5.66. The number of hydrogen-bond donors (Lipinski definition) is 2. The molecule has 1 heterocycles. The predicted octanol–water partition coefficient (Wildman–Crippen LogP) is 3.37. The van der Waals surface area contributed by atoms with Crippen molar-refractivity contribution < 1.29 is 0 Å². The summed E-state index contributed by atoms with van der Waals surface area (Å²) >= 11 is 0. The van der Waals surface area contributed by atoms with Crippen LogP contribution in [0.4, 0.5) is 0 Å². The average Bonchev–Trinajstić information content (AvgIpc) is 2.50. The highest BCUT2D eigenvalue weighted by Gasteiger charge is 2.05. The van der Waals surface area contributed by atoms with Crippen molar-refractivity contribution in [2.45, 2.75) is 58.5 Å². The van der Waals surface area contributed by atoms with Gasteiger partial charge in [-0.3, -0.25) is 4.79 Å². The number of H-pyrrole nitrogens is 1. The van der Waals surface area contributed by atoms with E-state index in [9.17, 15) is 4.79 Å². The molecule has 0 aliphatic heterocycles. The minimum atomic E-state index is -0.0620. The molecular weight excluding hydrogens is 262 g/mol. The molecule has 4 heteroatoms. The number of unbranched alkanes of at least 4 members (excludes halogenated alkanes) is 3. The van der Waals surface area contributed by atoms with Gasteiger partial charge in [-0.1, -0.05) is 44.7 Å². The topological polar surface area (TPSA) is 57.8 Å². The van der Waals surface area contributed by atoms with Crippen LogP contribution in [-0.4, -0.2) is 16.0 Å². The molecule has 2 rings (SSSR count). The van der Waals surface area contributed by atoms with Crippen LogP contribution in [0.5, 0.6) is 0 Å². The predicted molar refractivity (Wildman–Crippen MR) is 87.4 cm³/mol. The summed E-state index contributed by atoms with van der Waals surface area (Å²) in [6, 6.07) is 7.88. The fraction of sp³-hybridized carbons (Fsp3) is 0.529. The molecule has 1 aromatic heterocycles. The van der Waals surface area contributed by atoms with E-state index in [4.69, 9.17) is 0 Å². The van der Waals surface area contributed by atoms with Crippen molar-refractivity contribution in [3.05, 3.63) is 40.4 Å². The molecule has 1 aromatic carbocycles. The highest BCUT2D eigenvalue weighted by Crippen LogP contribution is 2.07. The summed E-state index contributed by atoms with van der Waals surface area (Å²) in [7, 11) is 0. The monoisotopic (exact) mass is 287 g/mol. The van der Waals surface area contributed by atoms with E-state index in [-0.39, 0.29) is 5.56 Å². The zero-order chi connectivity index (χ0) is 15.1. The molecule has 0 saturated carbocycles. The van der Waals surface area contributed by atoms with E-state index in [1.165, 1.54) is 25.7 Å². The zero-order valence-electron chi connectivity index (χ0n) is 13.0. The van der Waals surface area contributed by atoms with Gasteiger partial charge in [-0.2, -0.15) is 0 Å². The van der Waals surface area contributed by atoms with Gasteiger partial charge >= 0.3 is 0 Å². The molecule has 2 N–H and O–H groups in total. The minimum absolute atomic E-state index is 0.0620. The Morgan fingerprint density at radius 1 is 1.24 bits per heavy atom. The third-order valence-electron chi connectivity index (χ3n) is 3.77. The van der Waals surface area contributed by atoms with E-state index < -0.39 is 0 Å². The average molecular weight is 287 g/mol. The molecule has 0 aliphatic rings. The van der Waals surface area contributed by atoms with Crippen LogP contribution in [0.1, 0.15) is 51.8 Å². The van der Waals surface area contributed by atoms with E-state index in [2.05, 4.69) is 29.1 Å². The van der Waals surface area contributed by atoms with Gasteiger partial charge in [0, 0.05) is 6.04 Å². The third-order valence-corrected chi connectivity index (χ3v) is 3.77. The smallest absolute Gasteiger partial charge is 0.258 e. The van der Waals surface area contributed by atoms with Gasteiger partial charge in [0.05, 0.1) is 17.4 Å². The molecule has 2 aromatic rings. The number of nitrogens with zero attached hydrogens (tertiary/aromatic N) is 1. The number of aromatic amines is 1. The van der Waals surface area contributed by atoms with Crippen LogP contribution < -0.4 is 10.9 Å². The zero-order valence-corrected chi connectivity index (χ0v) is 13.0. The summed E-state index contributed by atoms with van der Waals surface area (Å²) in [5.74, 6) is 0.708. The Labute approximate surface area is 126 Å². The first-order chi connectivity index (χ1) is 10.2. The lowest BCUT2D eigenvalue weighted by Gasteiger charge is -2.13. The molecule has 0 saturated heterocycles. The van der Waals surface area contributed by atoms with Gasteiger partial charge in [-0.25, -0.2) is 4.98 Å². The van der Waals surface area contributed by atoms with E-state index in [0.29, 0.717) is 23.8 Å². The summed E-state index contributed by atoms with van der Waals surface area (Å²) in [5.41, 5.74) is 0.696. The normalized spacial score (nSPS) is 12.7. The molecule has 0 amide bonds. The number of hydrogen-bond acceptors (Lipinski definition) is 3. The summed E-state index contributed by atoms with van der Waals surface area (Å²) in [5, 5.41) is 4.08. The van der Waals surface area contributed by atoms with Crippen LogP contribution in [0.2, 0.25) is 0 Å². The van der Waals surface area contributed by atoms with Gasteiger partial charge < -0.3 is 10.3 Å². The van der Waals surface area contributed by atoms with E-state index in [0.717, 1.165) is 11.9 Å². The van der Waals surface area contributed by atoms with Gasteiger partial charge in [0.15, 0.2) is 0 Å². The van der Waals surface area contributed by atoms with E-state index in [1.54, 1.807) is 6.07 Å². The molecule has 0 bridgehead atoms. The van der Waals surface area contributed by atoms with Crippen molar-refractivity contribution >= 4 is 10.9 Å².